The van der Waals surface area contributed by atoms with E-state index in [4.69, 9.17) is 14.2 Å². The Hall–Kier alpha value is -0.580. The Balaban J connectivity index is 1.84. The number of ether oxygens (including phenoxy) is 3. The van der Waals surface area contributed by atoms with Crippen LogP contribution in [0, 0.1) is 10.8 Å². The number of benzene rings is 1. The molecule has 0 aromatic heterocycles. The minimum Gasteiger partial charge on any atom is -0.494 e. The molecule has 1 saturated heterocycles. The van der Waals surface area contributed by atoms with E-state index in [-0.39, 0.29) is 10.8 Å². The van der Waals surface area contributed by atoms with Gasteiger partial charge in [0.05, 0.1) is 19.8 Å². The standard InChI is InChI=1S/C20H31BrO3/c1-18(2,3)20(15-19(4,5)11-14-24-20)23-13-6-12-22-17-9-7-16(21)8-10-17/h7-10H,6,11-15H2,1-5H3. The Morgan fingerprint density at radius 1 is 1.12 bits per heavy atom. The second-order valence-electron chi connectivity index (χ2n) is 8.45. The van der Waals surface area contributed by atoms with Crippen LogP contribution < -0.4 is 4.74 Å². The summed E-state index contributed by atoms with van der Waals surface area (Å²) in [5.74, 6) is 0.380. The van der Waals surface area contributed by atoms with Crippen LogP contribution in [0.1, 0.15) is 53.9 Å². The monoisotopic (exact) mass is 398 g/mol. The van der Waals surface area contributed by atoms with Crippen molar-refractivity contribution in [2.45, 2.75) is 59.7 Å². The van der Waals surface area contributed by atoms with E-state index >= 15 is 0 Å². The van der Waals surface area contributed by atoms with Crippen molar-refractivity contribution in [3.63, 3.8) is 0 Å². The fourth-order valence-corrected chi connectivity index (χ4v) is 3.33. The van der Waals surface area contributed by atoms with Crippen LogP contribution in [0.5, 0.6) is 5.75 Å². The highest BCUT2D eigenvalue weighted by molar-refractivity contribution is 9.10. The second kappa shape index (κ2) is 7.76. The quantitative estimate of drug-likeness (QED) is 0.565. The molecule has 0 bridgehead atoms. The summed E-state index contributed by atoms with van der Waals surface area (Å²) in [6, 6.07) is 7.90. The van der Waals surface area contributed by atoms with E-state index in [0.29, 0.717) is 13.2 Å². The van der Waals surface area contributed by atoms with Crippen molar-refractivity contribution in [1.29, 1.82) is 0 Å². The molecule has 0 saturated carbocycles. The Kier molecular flexibility index (Phi) is 6.38. The van der Waals surface area contributed by atoms with Gasteiger partial charge in [0.1, 0.15) is 5.75 Å². The summed E-state index contributed by atoms with van der Waals surface area (Å²) in [6.45, 7) is 13.3. The Morgan fingerprint density at radius 2 is 1.79 bits per heavy atom. The van der Waals surface area contributed by atoms with Crippen molar-refractivity contribution in [2.24, 2.45) is 10.8 Å². The molecule has 0 spiro atoms. The molecule has 1 unspecified atom stereocenters. The van der Waals surface area contributed by atoms with E-state index in [1.165, 1.54) is 0 Å². The van der Waals surface area contributed by atoms with Crippen LogP contribution in [0.2, 0.25) is 0 Å². The lowest BCUT2D eigenvalue weighted by Crippen LogP contribution is -2.54. The molecule has 1 aromatic carbocycles. The number of rotatable bonds is 6. The summed E-state index contributed by atoms with van der Waals surface area (Å²) in [6.07, 6.45) is 2.86. The third kappa shape index (κ3) is 5.21. The summed E-state index contributed by atoms with van der Waals surface area (Å²) in [5, 5.41) is 0. The lowest BCUT2D eigenvalue weighted by atomic mass is 9.71. The molecule has 0 aliphatic carbocycles. The van der Waals surface area contributed by atoms with Gasteiger partial charge in [-0.05, 0) is 36.1 Å². The summed E-state index contributed by atoms with van der Waals surface area (Å²) in [7, 11) is 0. The van der Waals surface area contributed by atoms with Gasteiger partial charge >= 0.3 is 0 Å². The predicted octanol–water partition coefficient (Wildman–Crippen LogP) is 5.81. The zero-order chi connectivity index (χ0) is 17.8. The lowest BCUT2D eigenvalue weighted by Gasteiger charge is -2.51. The molecule has 1 fully saturated rings. The fraction of sp³-hybridized carbons (Fsp3) is 0.700. The third-order valence-electron chi connectivity index (χ3n) is 4.67. The molecule has 1 atom stereocenters. The summed E-state index contributed by atoms with van der Waals surface area (Å²) in [4.78, 5) is 0. The molecule has 4 heteroatoms. The van der Waals surface area contributed by atoms with E-state index in [1.54, 1.807) is 0 Å². The second-order valence-corrected chi connectivity index (χ2v) is 9.36. The van der Waals surface area contributed by atoms with Crippen molar-refractivity contribution < 1.29 is 14.2 Å². The first-order valence-corrected chi connectivity index (χ1v) is 9.59. The number of halogens is 1. The molecule has 3 nitrogen and oxygen atoms in total. The average Bonchev–Trinajstić information content (AvgIpc) is 2.47. The molecule has 0 radical (unpaired) electrons. The van der Waals surface area contributed by atoms with E-state index < -0.39 is 5.79 Å². The zero-order valence-electron chi connectivity index (χ0n) is 15.7. The lowest BCUT2D eigenvalue weighted by molar-refractivity contribution is -0.321. The highest BCUT2D eigenvalue weighted by Crippen LogP contribution is 2.48. The summed E-state index contributed by atoms with van der Waals surface area (Å²) >= 11 is 3.43. The SMILES string of the molecule is CC1(C)CCOC(OCCCOc2ccc(Br)cc2)(C(C)(C)C)C1. The van der Waals surface area contributed by atoms with Crippen LogP contribution in [0.15, 0.2) is 28.7 Å². The van der Waals surface area contributed by atoms with Crippen LogP contribution in [-0.4, -0.2) is 25.6 Å². The minimum atomic E-state index is -0.508. The average molecular weight is 399 g/mol. The first-order valence-electron chi connectivity index (χ1n) is 8.80. The van der Waals surface area contributed by atoms with Gasteiger partial charge in [0, 0.05) is 22.7 Å². The Morgan fingerprint density at radius 3 is 2.38 bits per heavy atom. The molecule has 136 valence electrons. The smallest absolute Gasteiger partial charge is 0.173 e. The fourth-order valence-electron chi connectivity index (χ4n) is 3.07. The summed E-state index contributed by atoms with van der Waals surface area (Å²) in [5.41, 5.74) is 0.191. The van der Waals surface area contributed by atoms with E-state index in [1.807, 2.05) is 24.3 Å². The van der Waals surface area contributed by atoms with E-state index in [9.17, 15) is 0 Å². The van der Waals surface area contributed by atoms with Gasteiger partial charge in [-0.25, -0.2) is 0 Å². The predicted molar refractivity (Wildman–Crippen MR) is 101 cm³/mol. The van der Waals surface area contributed by atoms with Gasteiger partial charge in [-0.2, -0.15) is 0 Å². The zero-order valence-corrected chi connectivity index (χ0v) is 17.2. The van der Waals surface area contributed by atoms with Gasteiger partial charge in [-0.15, -0.1) is 0 Å². The van der Waals surface area contributed by atoms with E-state index in [0.717, 1.165) is 36.1 Å². The maximum atomic E-state index is 6.32. The molecule has 1 aromatic rings. The van der Waals surface area contributed by atoms with Gasteiger partial charge in [0.2, 0.25) is 0 Å². The summed E-state index contributed by atoms with van der Waals surface area (Å²) < 4.78 is 19.3. The van der Waals surface area contributed by atoms with Crippen LogP contribution in [0.25, 0.3) is 0 Å². The molecule has 1 heterocycles. The van der Waals surface area contributed by atoms with Crippen LogP contribution in [0.3, 0.4) is 0 Å². The number of hydrogen-bond donors (Lipinski definition) is 0. The molecule has 1 aliphatic rings. The largest absolute Gasteiger partial charge is 0.494 e. The molecule has 0 amide bonds. The first-order chi connectivity index (χ1) is 11.1. The van der Waals surface area contributed by atoms with Gasteiger partial charge in [-0.1, -0.05) is 50.5 Å². The van der Waals surface area contributed by atoms with Gasteiger partial charge in [-0.3, -0.25) is 0 Å². The first kappa shape index (κ1) is 19.7. The van der Waals surface area contributed by atoms with Crippen LogP contribution in [0.4, 0.5) is 0 Å². The molecule has 2 rings (SSSR count). The number of hydrogen-bond acceptors (Lipinski definition) is 3. The van der Waals surface area contributed by atoms with Crippen molar-refractivity contribution in [3.8, 4) is 5.75 Å². The van der Waals surface area contributed by atoms with Crippen LogP contribution in [-0.2, 0) is 9.47 Å². The highest BCUT2D eigenvalue weighted by Gasteiger charge is 2.50. The molecule has 1 aliphatic heterocycles. The third-order valence-corrected chi connectivity index (χ3v) is 5.20. The van der Waals surface area contributed by atoms with Gasteiger partial charge < -0.3 is 14.2 Å². The van der Waals surface area contributed by atoms with Crippen molar-refractivity contribution in [3.05, 3.63) is 28.7 Å². The minimum absolute atomic E-state index is 0.0583. The van der Waals surface area contributed by atoms with Crippen LogP contribution >= 0.6 is 15.9 Å². The topological polar surface area (TPSA) is 27.7 Å². The van der Waals surface area contributed by atoms with Crippen molar-refractivity contribution >= 4 is 15.9 Å². The van der Waals surface area contributed by atoms with E-state index in [2.05, 4.69) is 50.5 Å². The Labute approximate surface area is 155 Å². The van der Waals surface area contributed by atoms with Crippen molar-refractivity contribution in [1.82, 2.24) is 0 Å². The molecular formula is C20H31BrO3. The maximum Gasteiger partial charge on any atom is 0.173 e. The molecular weight excluding hydrogens is 368 g/mol. The van der Waals surface area contributed by atoms with Gasteiger partial charge in [0.15, 0.2) is 5.79 Å². The van der Waals surface area contributed by atoms with Crippen molar-refractivity contribution in [2.75, 3.05) is 19.8 Å². The Bertz CT molecular complexity index is 519. The maximum absolute atomic E-state index is 6.32. The van der Waals surface area contributed by atoms with Gasteiger partial charge in [0.25, 0.3) is 0 Å². The normalized spacial score (nSPS) is 23.9. The molecule has 0 N–H and O–H groups in total. The molecule has 24 heavy (non-hydrogen) atoms. The highest BCUT2D eigenvalue weighted by atomic mass is 79.9.